The maximum absolute atomic E-state index is 13.1. The second-order valence-corrected chi connectivity index (χ2v) is 5.49. The van der Waals surface area contributed by atoms with E-state index >= 15 is 0 Å². The van der Waals surface area contributed by atoms with Gasteiger partial charge in [-0.1, -0.05) is 11.3 Å². The number of nitrogens with one attached hydrogen (secondary N) is 2. The molecule has 0 bridgehead atoms. The van der Waals surface area contributed by atoms with Crippen molar-refractivity contribution in [3.05, 3.63) is 24.0 Å². The van der Waals surface area contributed by atoms with E-state index in [2.05, 4.69) is 20.3 Å². The molecule has 0 aliphatic rings. The smallest absolute Gasteiger partial charge is 0.321 e. The van der Waals surface area contributed by atoms with Gasteiger partial charge in [0.25, 0.3) is 0 Å². The van der Waals surface area contributed by atoms with Gasteiger partial charge in [-0.05, 0) is 24.6 Å². The highest BCUT2D eigenvalue weighted by Gasteiger charge is 2.18. The third kappa shape index (κ3) is 4.02. The van der Waals surface area contributed by atoms with Crippen molar-refractivity contribution < 1.29 is 18.7 Å². The minimum Gasteiger partial charge on any atom is -0.468 e. The Morgan fingerprint density at radius 1 is 1.50 bits per heavy atom. The van der Waals surface area contributed by atoms with E-state index < -0.39 is 12.0 Å². The van der Waals surface area contributed by atoms with Crippen molar-refractivity contribution in [2.24, 2.45) is 0 Å². The third-order valence-corrected chi connectivity index (χ3v) is 3.88. The lowest BCUT2D eigenvalue weighted by Gasteiger charge is -2.12. The summed E-state index contributed by atoms with van der Waals surface area (Å²) in [4.78, 5) is 27.3. The minimum atomic E-state index is -0.750. The highest BCUT2D eigenvalue weighted by molar-refractivity contribution is 7.22. The zero-order chi connectivity index (χ0) is 16.1. The molecule has 1 amide bonds. The second-order valence-electron chi connectivity index (χ2n) is 4.46. The van der Waals surface area contributed by atoms with Gasteiger partial charge in [0.15, 0.2) is 13.1 Å². The Morgan fingerprint density at radius 3 is 2.95 bits per heavy atom. The molecule has 2 radical (unpaired) electrons. The maximum Gasteiger partial charge on any atom is 0.321 e. The van der Waals surface area contributed by atoms with E-state index in [1.807, 2.05) is 0 Å². The molecule has 1 heterocycles. The largest absolute Gasteiger partial charge is 0.468 e. The van der Waals surface area contributed by atoms with Crippen LogP contribution >= 0.6 is 11.3 Å². The van der Waals surface area contributed by atoms with Crippen molar-refractivity contribution >= 4 is 46.5 Å². The molecular weight excluding hydrogens is 308 g/mol. The van der Waals surface area contributed by atoms with E-state index in [4.69, 9.17) is 7.98 Å². The monoisotopic (exact) mass is 321 g/mol. The summed E-state index contributed by atoms with van der Waals surface area (Å²) in [5.74, 6) is -1.21. The van der Waals surface area contributed by atoms with E-state index in [0.717, 1.165) is 0 Å². The zero-order valence-corrected chi connectivity index (χ0v) is 12.6. The van der Waals surface area contributed by atoms with Crippen molar-refractivity contribution in [1.82, 2.24) is 10.2 Å². The van der Waals surface area contributed by atoms with Crippen molar-refractivity contribution in [3.8, 4) is 0 Å². The molecule has 2 aromatic rings. The number of ether oxygens (including phenoxy) is 1. The number of anilines is 1. The van der Waals surface area contributed by atoms with E-state index in [1.54, 1.807) is 6.07 Å². The summed E-state index contributed by atoms with van der Waals surface area (Å²) < 4.78 is 18.3. The first-order valence-electron chi connectivity index (χ1n) is 6.43. The lowest BCUT2D eigenvalue weighted by molar-refractivity contribution is -0.142. The number of hydrogen-bond donors (Lipinski definition) is 2. The standard InChI is InChI=1S/C13H13BFN3O3S/c1-21-12(20)9(18-14)4-5-11(19)17-13-16-8-3-2-7(15)6-10(8)22-13/h2-3,6,9,18H,4-5H2,1H3,(H,16,17,19). The lowest BCUT2D eigenvalue weighted by atomic mass is 10.1. The zero-order valence-electron chi connectivity index (χ0n) is 11.8. The lowest BCUT2D eigenvalue weighted by Crippen LogP contribution is -2.36. The predicted molar refractivity (Wildman–Crippen MR) is 82.1 cm³/mol. The fraction of sp³-hybridized carbons (Fsp3) is 0.308. The molecule has 0 saturated carbocycles. The summed E-state index contributed by atoms with van der Waals surface area (Å²) in [7, 11) is 6.47. The van der Waals surface area contributed by atoms with Crippen LogP contribution in [-0.4, -0.2) is 38.0 Å². The Balaban J connectivity index is 1.94. The summed E-state index contributed by atoms with van der Waals surface area (Å²) in [5.41, 5.74) is 0.609. The Labute approximate surface area is 131 Å². The number of methoxy groups -OCH3 is 1. The average molecular weight is 321 g/mol. The van der Waals surface area contributed by atoms with Gasteiger partial charge in [-0.3, -0.25) is 9.59 Å². The van der Waals surface area contributed by atoms with Crippen LogP contribution in [0.3, 0.4) is 0 Å². The summed E-state index contributed by atoms with van der Waals surface area (Å²) in [6.07, 6.45) is 0.253. The molecule has 6 nitrogen and oxygen atoms in total. The number of carbonyl (C=O) groups is 2. The van der Waals surface area contributed by atoms with Crippen LogP contribution in [0.4, 0.5) is 9.52 Å². The minimum absolute atomic E-state index is 0.0637. The van der Waals surface area contributed by atoms with Crippen molar-refractivity contribution in [1.29, 1.82) is 0 Å². The molecule has 0 aliphatic heterocycles. The molecule has 0 fully saturated rings. The molecule has 0 saturated heterocycles. The number of thiazole rings is 1. The molecule has 1 unspecified atom stereocenters. The molecular formula is C13H13BFN3O3S. The van der Waals surface area contributed by atoms with Gasteiger partial charge in [-0.15, -0.1) is 0 Å². The highest BCUT2D eigenvalue weighted by Crippen LogP contribution is 2.26. The highest BCUT2D eigenvalue weighted by atomic mass is 32.1. The summed E-state index contributed by atoms with van der Waals surface area (Å²) >= 11 is 1.18. The number of amides is 1. The van der Waals surface area contributed by atoms with Crippen LogP contribution in [0.2, 0.25) is 0 Å². The normalized spacial score (nSPS) is 12.1. The quantitative estimate of drug-likeness (QED) is 0.620. The van der Waals surface area contributed by atoms with Crippen LogP contribution in [0.5, 0.6) is 0 Å². The van der Waals surface area contributed by atoms with E-state index in [-0.39, 0.29) is 24.6 Å². The van der Waals surface area contributed by atoms with Crippen LogP contribution in [-0.2, 0) is 14.3 Å². The Morgan fingerprint density at radius 2 is 2.27 bits per heavy atom. The van der Waals surface area contributed by atoms with Gasteiger partial charge < -0.3 is 15.3 Å². The van der Waals surface area contributed by atoms with Gasteiger partial charge >= 0.3 is 5.97 Å². The van der Waals surface area contributed by atoms with Crippen LogP contribution in [0.25, 0.3) is 10.2 Å². The first-order valence-corrected chi connectivity index (χ1v) is 7.25. The van der Waals surface area contributed by atoms with Gasteiger partial charge in [-0.25, -0.2) is 9.37 Å². The van der Waals surface area contributed by atoms with Crippen molar-refractivity contribution in [2.75, 3.05) is 12.4 Å². The second kappa shape index (κ2) is 7.32. The number of benzene rings is 1. The molecule has 1 aromatic carbocycles. The number of aromatic nitrogens is 1. The van der Waals surface area contributed by atoms with Gasteiger partial charge in [-0.2, -0.15) is 0 Å². The van der Waals surface area contributed by atoms with Crippen molar-refractivity contribution in [3.63, 3.8) is 0 Å². The van der Waals surface area contributed by atoms with Crippen molar-refractivity contribution in [2.45, 2.75) is 18.9 Å². The molecule has 1 atom stereocenters. The Hall–Kier alpha value is -2.00. The van der Waals surface area contributed by atoms with E-state index in [0.29, 0.717) is 15.3 Å². The topological polar surface area (TPSA) is 80.3 Å². The molecule has 9 heteroatoms. The van der Waals surface area contributed by atoms with Crippen LogP contribution in [0, 0.1) is 5.82 Å². The molecule has 114 valence electrons. The maximum atomic E-state index is 13.1. The molecule has 0 aliphatic carbocycles. The summed E-state index contributed by atoms with van der Waals surface area (Å²) in [6, 6.07) is 3.46. The number of hydrogen-bond acceptors (Lipinski definition) is 6. The average Bonchev–Trinajstić information content (AvgIpc) is 2.88. The fourth-order valence-electron chi connectivity index (χ4n) is 1.82. The third-order valence-electron chi connectivity index (χ3n) is 2.94. The Bertz CT molecular complexity index is 694. The molecule has 2 rings (SSSR count). The van der Waals surface area contributed by atoms with Crippen LogP contribution < -0.4 is 10.5 Å². The van der Waals surface area contributed by atoms with Crippen LogP contribution in [0.15, 0.2) is 18.2 Å². The van der Waals surface area contributed by atoms with Crippen LogP contribution in [0.1, 0.15) is 12.8 Å². The predicted octanol–water partition coefficient (Wildman–Crippen LogP) is 1.37. The fourth-order valence-corrected chi connectivity index (χ4v) is 2.73. The number of halogens is 1. The molecule has 2 N–H and O–H groups in total. The molecule has 1 aromatic heterocycles. The number of carbonyl (C=O) groups excluding carboxylic acids is 2. The first kappa shape index (κ1) is 16.4. The van der Waals surface area contributed by atoms with Gasteiger partial charge in [0.1, 0.15) is 5.82 Å². The molecule has 22 heavy (non-hydrogen) atoms. The molecule has 0 spiro atoms. The summed E-state index contributed by atoms with van der Waals surface area (Å²) in [5, 5.41) is 5.28. The number of fused-ring (bicyclic) bond motifs is 1. The number of nitrogens with zero attached hydrogens (tertiary/aromatic N) is 1. The SMILES string of the molecule is [B]NC(CCC(=O)Nc1nc2ccc(F)cc2s1)C(=O)OC. The summed E-state index contributed by atoms with van der Waals surface area (Å²) in [6.45, 7) is 0. The Kier molecular flexibility index (Phi) is 5.45. The number of esters is 1. The van der Waals surface area contributed by atoms with Gasteiger partial charge in [0, 0.05) is 6.42 Å². The van der Waals surface area contributed by atoms with Gasteiger partial charge in [0.2, 0.25) is 5.91 Å². The number of rotatable bonds is 6. The van der Waals surface area contributed by atoms with E-state index in [9.17, 15) is 14.0 Å². The van der Waals surface area contributed by atoms with E-state index in [1.165, 1.54) is 30.6 Å². The first-order chi connectivity index (χ1) is 10.5. The van der Waals surface area contributed by atoms with Gasteiger partial charge in [0.05, 0.1) is 23.4 Å².